The number of halogens is 2. The van der Waals surface area contributed by atoms with E-state index in [4.69, 9.17) is 30.6 Å². The molecule has 0 aromatic carbocycles. The van der Waals surface area contributed by atoms with Gasteiger partial charge in [-0.25, -0.2) is 0 Å². The van der Waals surface area contributed by atoms with Crippen LogP contribution < -0.4 is 24.8 Å². The summed E-state index contributed by atoms with van der Waals surface area (Å²) in [7, 11) is 0. The van der Waals surface area contributed by atoms with E-state index in [9.17, 15) is 0 Å². The van der Waals surface area contributed by atoms with Crippen molar-refractivity contribution in [1.82, 2.24) is 0 Å². The molecule has 0 rings (SSSR count). The zero-order valence-electron chi connectivity index (χ0n) is 8.87. The van der Waals surface area contributed by atoms with Gasteiger partial charge >= 0.3 is 37.7 Å². The smallest absolute Gasteiger partial charge is 1.00 e. The zero-order chi connectivity index (χ0) is 9.72. The third kappa shape index (κ3) is 13.7. The van der Waals surface area contributed by atoms with Crippen LogP contribution in [0.5, 0.6) is 0 Å². The van der Waals surface area contributed by atoms with E-state index in [0.29, 0.717) is 0 Å². The molecule has 0 bridgehead atoms. The molecule has 10 N–H and O–H groups in total. The number of aliphatic hydroxyl groups excluding tert-OH is 6. The van der Waals surface area contributed by atoms with E-state index in [2.05, 4.69) is 0 Å². The fourth-order valence-corrected chi connectivity index (χ4v) is 0.671. The van der Waals surface area contributed by atoms with E-state index in [-0.39, 0.29) is 73.5 Å². The topological polar surface area (TPSA) is 184 Å². The molecule has 0 saturated heterocycles. The van der Waals surface area contributed by atoms with Gasteiger partial charge in [-0.05, 0) is 0 Å². The molecule has 0 aliphatic rings. The molecule has 0 aromatic rings. The Morgan fingerprint density at radius 2 is 0.824 bits per heavy atom. The largest absolute Gasteiger partial charge is 2.00 e. The molecule has 0 amide bonds. The van der Waals surface area contributed by atoms with E-state index in [1.807, 2.05) is 0 Å². The van der Waals surface area contributed by atoms with Gasteiger partial charge in [0.05, 0.1) is 13.2 Å². The molecule has 11 heteroatoms. The van der Waals surface area contributed by atoms with Crippen LogP contribution in [-0.2, 0) is 0 Å². The fourth-order valence-electron chi connectivity index (χ4n) is 0.671. The normalized spacial score (nSPS) is 15.2. The van der Waals surface area contributed by atoms with E-state index < -0.39 is 37.6 Å². The Labute approximate surface area is 141 Å². The Hall–Kier alpha value is 1.52. The Morgan fingerprint density at radius 3 is 0.941 bits per heavy atom. The Morgan fingerprint density at radius 1 is 0.647 bits per heavy atom. The molecular formula is C6H18CaCl2O8. The van der Waals surface area contributed by atoms with Crippen LogP contribution in [0.15, 0.2) is 0 Å². The summed E-state index contributed by atoms with van der Waals surface area (Å²) in [6, 6.07) is 0. The van der Waals surface area contributed by atoms with Crippen molar-refractivity contribution in [2.45, 2.75) is 24.4 Å². The van der Waals surface area contributed by atoms with Crippen molar-refractivity contribution in [2.24, 2.45) is 0 Å². The van der Waals surface area contributed by atoms with Gasteiger partial charge in [0.25, 0.3) is 0 Å². The van der Waals surface area contributed by atoms with Crippen molar-refractivity contribution < 1.29 is 66.4 Å². The summed E-state index contributed by atoms with van der Waals surface area (Å²) in [6.45, 7) is -1.45. The van der Waals surface area contributed by atoms with Crippen LogP contribution in [0, 0.1) is 0 Å². The minimum Gasteiger partial charge on any atom is -1.00 e. The van der Waals surface area contributed by atoms with E-state index in [0.717, 1.165) is 0 Å². The third-order valence-corrected chi connectivity index (χ3v) is 1.51. The zero-order valence-corrected chi connectivity index (χ0v) is 12.6. The van der Waals surface area contributed by atoms with Crippen molar-refractivity contribution in [3.8, 4) is 0 Å². The molecule has 17 heavy (non-hydrogen) atoms. The first-order valence-electron chi connectivity index (χ1n) is 3.48. The second-order valence-corrected chi connectivity index (χ2v) is 2.48. The SMILES string of the molecule is O.O.OCC(O)C(O)C(O)C(O)CO.[Ca+2].[Cl-].[Cl-]. The number of aliphatic hydroxyl groups is 6. The van der Waals surface area contributed by atoms with Gasteiger partial charge < -0.3 is 66.4 Å². The summed E-state index contributed by atoms with van der Waals surface area (Å²) in [5.74, 6) is 0. The first-order chi connectivity index (χ1) is 5.54. The minimum atomic E-state index is -1.67. The Bertz CT molecular complexity index is 121. The summed E-state index contributed by atoms with van der Waals surface area (Å²) >= 11 is 0. The van der Waals surface area contributed by atoms with Gasteiger partial charge in [-0.3, -0.25) is 0 Å². The molecule has 106 valence electrons. The van der Waals surface area contributed by atoms with Crippen LogP contribution in [0.2, 0.25) is 0 Å². The Kier molecular flexibility index (Phi) is 42.3. The second-order valence-electron chi connectivity index (χ2n) is 2.48. The van der Waals surface area contributed by atoms with E-state index in [1.165, 1.54) is 0 Å². The average Bonchev–Trinajstić information content (AvgIpc) is 2.12. The first-order valence-corrected chi connectivity index (χ1v) is 3.48. The summed E-state index contributed by atoms with van der Waals surface area (Å²) in [4.78, 5) is 0. The third-order valence-electron chi connectivity index (χ3n) is 1.51. The van der Waals surface area contributed by atoms with Gasteiger partial charge in [0, 0.05) is 0 Å². The molecule has 4 atom stereocenters. The van der Waals surface area contributed by atoms with Crippen LogP contribution in [0.3, 0.4) is 0 Å². The van der Waals surface area contributed by atoms with Gasteiger partial charge in [-0.15, -0.1) is 0 Å². The van der Waals surface area contributed by atoms with Crippen molar-refractivity contribution in [1.29, 1.82) is 0 Å². The van der Waals surface area contributed by atoms with Gasteiger partial charge in [0.15, 0.2) is 0 Å². The predicted octanol–water partition coefficient (Wildman–Crippen LogP) is -11.6. The monoisotopic (exact) mass is 328 g/mol. The van der Waals surface area contributed by atoms with Gasteiger partial charge in [-0.2, -0.15) is 0 Å². The van der Waals surface area contributed by atoms with E-state index >= 15 is 0 Å². The maximum Gasteiger partial charge on any atom is 2.00 e. The quantitative estimate of drug-likeness (QED) is 0.272. The number of rotatable bonds is 5. The van der Waals surface area contributed by atoms with Crippen LogP contribution in [-0.4, -0.2) is 117 Å². The molecule has 0 fully saturated rings. The molecule has 4 unspecified atom stereocenters. The summed E-state index contributed by atoms with van der Waals surface area (Å²) in [6.07, 6.45) is -6.39. The van der Waals surface area contributed by atoms with Crippen LogP contribution >= 0.6 is 0 Å². The second kappa shape index (κ2) is 19.9. The fraction of sp³-hybridized carbons (Fsp3) is 1.00. The molecule has 8 nitrogen and oxygen atoms in total. The standard InChI is InChI=1S/C6H14O6.Ca.2ClH.2H2O/c7-1-3(9)5(11)6(12)4(10)2-8;;;;;/h3-12H,1-2H2;;2*1H;2*1H2/q;+2;;;;/p-2. The molecule has 0 spiro atoms. The maximum atomic E-state index is 8.96. The van der Waals surface area contributed by atoms with Gasteiger partial charge in [0.1, 0.15) is 24.4 Å². The summed E-state index contributed by atoms with van der Waals surface area (Å²) < 4.78 is 0. The molecule has 0 radical (unpaired) electrons. The number of hydrogen-bond donors (Lipinski definition) is 6. The van der Waals surface area contributed by atoms with Crippen molar-refractivity contribution in [3.63, 3.8) is 0 Å². The summed E-state index contributed by atoms with van der Waals surface area (Å²) in [5.41, 5.74) is 0. The molecule has 0 aliphatic heterocycles. The van der Waals surface area contributed by atoms with Crippen LogP contribution in [0.4, 0.5) is 0 Å². The van der Waals surface area contributed by atoms with Crippen molar-refractivity contribution in [2.75, 3.05) is 13.2 Å². The molecule has 0 aromatic heterocycles. The van der Waals surface area contributed by atoms with E-state index in [1.54, 1.807) is 0 Å². The molecular weight excluding hydrogens is 311 g/mol. The summed E-state index contributed by atoms with van der Waals surface area (Å²) in [5, 5.41) is 52.2. The number of hydrogen-bond acceptors (Lipinski definition) is 6. The van der Waals surface area contributed by atoms with Crippen LogP contribution in [0.25, 0.3) is 0 Å². The van der Waals surface area contributed by atoms with Gasteiger partial charge in [-0.1, -0.05) is 0 Å². The molecule has 0 saturated carbocycles. The van der Waals surface area contributed by atoms with Crippen LogP contribution in [0.1, 0.15) is 0 Å². The van der Waals surface area contributed by atoms with Crippen molar-refractivity contribution >= 4 is 37.7 Å². The molecule has 0 aliphatic carbocycles. The van der Waals surface area contributed by atoms with Gasteiger partial charge in [0.2, 0.25) is 0 Å². The predicted molar refractivity (Wildman–Crippen MR) is 51.2 cm³/mol. The maximum absolute atomic E-state index is 8.96. The average molecular weight is 329 g/mol. The van der Waals surface area contributed by atoms with Crippen molar-refractivity contribution in [3.05, 3.63) is 0 Å². The minimum absolute atomic E-state index is 0. The Balaban J connectivity index is -0.0000000605. The first kappa shape index (κ1) is 36.3. The molecule has 0 heterocycles.